The lowest BCUT2D eigenvalue weighted by Gasteiger charge is -2.13. The number of nitrogens with one attached hydrogen (secondary N) is 2. The van der Waals surface area contributed by atoms with Crippen LogP contribution in [0.1, 0.15) is 33.8 Å². The number of nitrogens with two attached hydrogens (primary N) is 1. The van der Waals surface area contributed by atoms with Crippen LogP contribution in [0, 0.1) is 5.92 Å². The fraction of sp³-hybridized carbons (Fsp3) is 0.471. The molecule has 25 heavy (non-hydrogen) atoms. The Morgan fingerprint density at radius 3 is 2.92 bits per heavy atom. The predicted molar refractivity (Wildman–Crippen MR) is 103 cm³/mol. The highest BCUT2D eigenvalue weighted by atomic mass is 35.5. The number of aromatic nitrogens is 2. The lowest BCUT2D eigenvalue weighted by molar-refractivity contribution is 0.0952. The van der Waals surface area contributed by atoms with Crippen LogP contribution in [0.4, 0.5) is 5.13 Å². The van der Waals surface area contributed by atoms with Gasteiger partial charge in [0.1, 0.15) is 5.01 Å². The number of nitrogen functional groups attached to an aromatic ring is 1. The van der Waals surface area contributed by atoms with Crippen LogP contribution < -0.4 is 16.4 Å². The number of nitrogens with zero attached hydrogens (tertiary/aromatic N) is 2. The maximum absolute atomic E-state index is 12.5. The Kier molecular flexibility index (Phi) is 7.61. The van der Waals surface area contributed by atoms with Gasteiger partial charge in [-0.15, -0.1) is 22.6 Å². The molecular formula is C17H24ClN5OS. The van der Waals surface area contributed by atoms with Gasteiger partial charge in [-0.3, -0.25) is 4.79 Å². The second kappa shape index (κ2) is 9.70. The van der Waals surface area contributed by atoms with Gasteiger partial charge in [0, 0.05) is 18.5 Å². The molecule has 6 nitrogen and oxygen atoms in total. The van der Waals surface area contributed by atoms with E-state index in [2.05, 4.69) is 26.9 Å². The van der Waals surface area contributed by atoms with Crippen molar-refractivity contribution in [2.45, 2.75) is 25.7 Å². The Balaban J connectivity index is 0.00000225. The first kappa shape index (κ1) is 19.6. The summed E-state index contributed by atoms with van der Waals surface area (Å²) in [6, 6.07) is 7.92. The molecule has 2 heterocycles. The number of aryl methyl sites for hydroxylation is 1. The van der Waals surface area contributed by atoms with E-state index < -0.39 is 0 Å². The van der Waals surface area contributed by atoms with E-state index in [1.807, 2.05) is 18.2 Å². The van der Waals surface area contributed by atoms with Crippen LogP contribution in [-0.4, -0.2) is 35.7 Å². The standard InChI is InChI=1S/C17H23N5OS.ClH/c18-17-22-21-15(24-17)6-3-8-20-16(23)14-5-2-1-4-13(14)10-12-7-9-19-11-12;/h1-2,4-5,12,19H,3,6-11H2,(H2,18,22)(H,20,23);1H. The van der Waals surface area contributed by atoms with Gasteiger partial charge in [0.2, 0.25) is 5.13 Å². The maximum Gasteiger partial charge on any atom is 0.251 e. The van der Waals surface area contributed by atoms with E-state index >= 15 is 0 Å². The molecule has 1 amide bonds. The molecule has 1 unspecified atom stereocenters. The topological polar surface area (TPSA) is 92.9 Å². The number of amides is 1. The van der Waals surface area contributed by atoms with Gasteiger partial charge in [0.15, 0.2) is 0 Å². The molecule has 3 rings (SSSR count). The predicted octanol–water partition coefficient (Wildman–Crippen LogP) is 2.06. The normalized spacial score (nSPS) is 16.4. The van der Waals surface area contributed by atoms with Crippen LogP contribution in [0.5, 0.6) is 0 Å². The molecule has 0 radical (unpaired) electrons. The van der Waals surface area contributed by atoms with E-state index in [9.17, 15) is 4.79 Å². The lowest BCUT2D eigenvalue weighted by Crippen LogP contribution is -2.26. The van der Waals surface area contributed by atoms with E-state index in [0.29, 0.717) is 17.6 Å². The van der Waals surface area contributed by atoms with E-state index in [1.165, 1.54) is 17.8 Å². The Morgan fingerprint density at radius 1 is 1.36 bits per heavy atom. The zero-order valence-corrected chi connectivity index (χ0v) is 15.7. The fourth-order valence-electron chi connectivity index (χ4n) is 3.02. The fourth-order valence-corrected chi connectivity index (χ4v) is 3.67. The van der Waals surface area contributed by atoms with Crippen molar-refractivity contribution in [1.29, 1.82) is 0 Å². The van der Waals surface area contributed by atoms with Gasteiger partial charge in [-0.1, -0.05) is 29.5 Å². The van der Waals surface area contributed by atoms with Crippen molar-refractivity contribution in [3.63, 3.8) is 0 Å². The summed E-state index contributed by atoms with van der Waals surface area (Å²) in [4.78, 5) is 12.5. The van der Waals surface area contributed by atoms with Crippen molar-refractivity contribution in [3.05, 3.63) is 40.4 Å². The van der Waals surface area contributed by atoms with Gasteiger partial charge in [0.05, 0.1) is 0 Å². The highest BCUT2D eigenvalue weighted by molar-refractivity contribution is 7.15. The molecule has 2 aromatic rings. The van der Waals surface area contributed by atoms with Crippen molar-refractivity contribution < 1.29 is 4.79 Å². The zero-order valence-electron chi connectivity index (χ0n) is 14.0. The van der Waals surface area contributed by atoms with Crippen molar-refractivity contribution in [3.8, 4) is 0 Å². The Morgan fingerprint density at radius 2 is 2.20 bits per heavy atom. The van der Waals surface area contributed by atoms with Gasteiger partial charge in [-0.25, -0.2) is 0 Å². The number of carbonyl (C=O) groups is 1. The van der Waals surface area contributed by atoms with Crippen LogP contribution in [-0.2, 0) is 12.8 Å². The summed E-state index contributed by atoms with van der Waals surface area (Å²) in [5, 5.41) is 15.6. The molecule has 1 aliphatic heterocycles. The van der Waals surface area contributed by atoms with E-state index in [0.717, 1.165) is 48.5 Å². The van der Waals surface area contributed by atoms with Gasteiger partial charge < -0.3 is 16.4 Å². The van der Waals surface area contributed by atoms with Crippen LogP contribution in [0.3, 0.4) is 0 Å². The molecule has 136 valence electrons. The number of rotatable bonds is 7. The number of hydrogen-bond acceptors (Lipinski definition) is 6. The van der Waals surface area contributed by atoms with E-state index in [1.54, 1.807) is 0 Å². The monoisotopic (exact) mass is 381 g/mol. The summed E-state index contributed by atoms with van der Waals surface area (Å²) in [7, 11) is 0. The molecule has 0 bridgehead atoms. The number of anilines is 1. The van der Waals surface area contributed by atoms with Crippen LogP contribution in [0.25, 0.3) is 0 Å². The summed E-state index contributed by atoms with van der Waals surface area (Å²) in [5.74, 6) is 0.634. The third-order valence-corrected chi connectivity index (χ3v) is 5.08. The van der Waals surface area contributed by atoms with Crippen LogP contribution >= 0.6 is 23.7 Å². The molecule has 0 spiro atoms. The SMILES string of the molecule is Cl.Nc1nnc(CCCNC(=O)c2ccccc2CC2CCNC2)s1. The Labute approximate surface area is 158 Å². The van der Waals surface area contributed by atoms with Crippen molar-refractivity contribution in [1.82, 2.24) is 20.8 Å². The Bertz CT molecular complexity index is 687. The second-order valence-corrected chi connectivity index (χ2v) is 7.21. The number of benzene rings is 1. The molecule has 8 heteroatoms. The average molecular weight is 382 g/mol. The van der Waals surface area contributed by atoms with E-state index in [-0.39, 0.29) is 18.3 Å². The van der Waals surface area contributed by atoms with Crippen molar-refractivity contribution >= 4 is 34.8 Å². The Hall–Kier alpha value is -1.70. The number of carbonyl (C=O) groups excluding carboxylic acids is 1. The molecule has 1 atom stereocenters. The summed E-state index contributed by atoms with van der Waals surface area (Å²) in [6.45, 7) is 2.74. The molecule has 1 aliphatic rings. The average Bonchev–Trinajstić information content (AvgIpc) is 3.24. The largest absolute Gasteiger partial charge is 0.374 e. The molecule has 1 saturated heterocycles. The van der Waals surface area contributed by atoms with Gasteiger partial charge >= 0.3 is 0 Å². The summed E-state index contributed by atoms with van der Waals surface area (Å²) >= 11 is 1.40. The minimum absolute atomic E-state index is 0. The summed E-state index contributed by atoms with van der Waals surface area (Å²) in [5.41, 5.74) is 7.50. The van der Waals surface area contributed by atoms with Gasteiger partial charge in [0.25, 0.3) is 5.91 Å². The maximum atomic E-state index is 12.5. The highest BCUT2D eigenvalue weighted by Gasteiger charge is 2.18. The molecule has 4 N–H and O–H groups in total. The zero-order chi connectivity index (χ0) is 16.8. The molecule has 1 fully saturated rings. The third kappa shape index (κ3) is 5.66. The molecule has 0 saturated carbocycles. The molecule has 1 aromatic carbocycles. The number of hydrogen-bond donors (Lipinski definition) is 3. The van der Waals surface area contributed by atoms with E-state index in [4.69, 9.17) is 5.73 Å². The van der Waals surface area contributed by atoms with Crippen LogP contribution in [0.2, 0.25) is 0 Å². The summed E-state index contributed by atoms with van der Waals surface area (Å²) in [6.07, 6.45) is 3.75. The minimum Gasteiger partial charge on any atom is -0.374 e. The first-order valence-electron chi connectivity index (χ1n) is 8.37. The quantitative estimate of drug-likeness (QED) is 0.638. The third-order valence-electron chi connectivity index (χ3n) is 4.27. The molecular weight excluding hydrogens is 358 g/mol. The summed E-state index contributed by atoms with van der Waals surface area (Å²) < 4.78 is 0. The smallest absolute Gasteiger partial charge is 0.251 e. The van der Waals surface area contributed by atoms with Gasteiger partial charge in [-0.05, 0) is 49.9 Å². The molecule has 0 aliphatic carbocycles. The number of halogens is 1. The minimum atomic E-state index is 0. The lowest BCUT2D eigenvalue weighted by atomic mass is 9.94. The van der Waals surface area contributed by atoms with Crippen LogP contribution in [0.15, 0.2) is 24.3 Å². The van der Waals surface area contributed by atoms with Crippen molar-refractivity contribution in [2.24, 2.45) is 5.92 Å². The molecule has 1 aromatic heterocycles. The van der Waals surface area contributed by atoms with Gasteiger partial charge in [-0.2, -0.15) is 0 Å². The first-order chi connectivity index (χ1) is 11.7. The highest BCUT2D eigenvalue weighted by Crippen LogP contribution is 2.18. The first-order valence-corrected chi connectivity index (χ1v) is 9.18. The van der Waals surface area contributed by atoms with Crippen molar-refractivity contribution in [2.75, 3.05) is 25.4 Å². The second-order valence-electron chi connectivity index (χ2n) is 6.11.